The van der Waals surface area contributed by atoms with Gasteiger partial charge in [0, 0.05) is 17.9 Å². The number of nitrogens with zero attached hydrogens (tertiary/aromatic N) is 1. The maximum absolute atomic E-state index is 11.4. The fourth-order valence-corrected chi connectivity index (χ4v) is 4.82. The van der Waals surface area contributed by atoms with Gasteiger partial charge >= 0.3 is 15.2 Å². The molecule has 5 N–H and O–H groups in total. The van der Waals surface area contributed by atoms with Gasteiger partial charge in [0.2, 0.25) is 5.52 Å². The zero-order valence-electron chi connectivity index (χ0n) is 11.5. The lowest BCUT2D eigenvalue weighted by atomic mass is 10.3. The highest BCUT2D eigenvalue weighted by Gasteiger charge is 2.42. The normalized spacial score (nSPS) is 12.8. The molecule has 1 rings (SSSR count). The van der Waals surface area contributed by atoms with Crippen molar-refractivity contribution in [2.75, 3.05) is 12.3 Å². The minimum atomic E-state index is -4.93. The highest BCUT2D eigenvalue weighted by atomic mass is 32.2. The maximum Gasteiger partial charge on any atom is 0.354 e. The second kappa shape index (κ2) is 8.42. The molecule has 0 aromatic carbocycles. The molecule has 12 heteroatoms. The van der Waals surface area contributed by atoms with Crippen LogP contribution in [0.15, 0.2) is 29.4 Å². The average Bonchev–Trinajstić information content (AvgIpc) is 2.36. The quantitative estimate of drug-likeness (QED) is 0.136. The summed E-state index contributed by atoms with van der Waals surface area (Å²) in [6.07, 6.45) is 2.45. The smallest absolute Gasteiger partial charge is 0.354 e. The molecule has 0 unspecified atom stereocenters. The summed E-state index contributed by atoms with van der Waals surface area (Å²) in [6.45, 7) is 0.0492. The number of rotatable bonds is 9. The first-order valence-electron chi connectivity index (χ1n) is 6.27. The van der Waals surface area contributed by atoms with Crippen molar-refractivity contribution in [3.05, 3.63) is 29.6 Å². The minimum Gasteiger partial charge on any atom is -0.618 e. The van der Waals surface area contributed by atoms with Crippen molar-refractivity contribution in [1.29, 1.82) is 0 Å². The summed E-state index contributed by atoms with van der Waals surface area (Å²) in [4.78, 5) is 35.6. The lowest BCUT2D eigenvalue weighted by Crippen LogP contribution is -2.30. The molecule has 0 aliphatic carbocycles. The fourth-order valence-electron chi connectivity index (χ4n) is 1.59. The predicted octanol–water partition coefficient (Wildman–Crippen LogP) is 0.421. The van der Waals surface area contributed by atoms with E-state index in [-0.39, 0.29) is 6.54 Å². The van der Waals surface area contributed by atoms with Gasteiger partial charge in [0.1, 0.15) is 0 Å². The molecule has 126 valence electrons. The van der Waals surface area contributed by atoms with Gasteiger partial charge in [-0.3, -0.25) is 14.4 Å². The Morgan fingerprint density at radius 2 is 1.82 bits per heavy atom. The van der Waals surface area contributed by atoms with Crippen LogP contribution in [-0.4, -0.2) is 37.4 Å². The van der Waals surface area contributed by atoms with E-state index in [1.54, 1.807) is 18.2 Å². The summed E-state index contributed by atoms with van der Waals surface area (Å²) >= 11 is 1.33. The van der Waals surface area contributed by atoms with Crippen LogP contribution in [0.3, 0.4) is 0 Å². The Balaban J connectivity index is 2.32. The SMILES string of the molecule is O=P(O)(O)C(NCCCCSc1cccc[n+]1[O-])P(=O)(O)O. The Morgan fingerprint density at radius 3 is 2.36 bits per heavy atom. The van der Waals surface area contributed by atoms with Crippen molar-refractivity contribution in [3.8, 4) is 0 Å². The molecule has 0 aliphatic heterocycles. The average molecular weight is 372 g/mol. The zero-order valence-corrected chi connectivity index (χ0v) is 14.1. The molecule has 0 amide bonds. The largest absolute Gasteiger partial charge is 0.618 e. The molecule has 1 heterocycles. The van der Waals surface area contributed by atoms with E-state index in [0.29, 0.717) is 23.6 Å². The van der Waals surface area contributed by atoms with Gasteiger partial charge in [0.25, 0.3) is 5.03 Å². The molecule has 1 aromatic rings. The highest BCUT2D eigenvalue weighted by molar-refractivity contribution is 7.99. The number of pyridine rings is 1. The number of thioether (sulfide) groups is 1. The van der Waals surface area contributed by atoms with E-state index in [1.807, 2.05) is 0 Å². The van der Waals surface area contributed by atoms with Crippen LogP contribution in [0.4, 0.5) is 0 Å². The monoisotopic (exact) mass is 372 g/mol. The molecule has 0 saturated carbocycles. The Labute approximate surface area is 131 Å². The fraction of sp³-hybridized carbons (Fsp3) is 0.500. The summed E-state index contributed by atoms with van der Waals surface area (Å²) in [5.41, 5.74) is -2.18. The Hall–Kier alpha value is -0.440. The molecule has 0 atom stereocenters. The first-order valence-corrected chi connectivity index (χ1v) is 10.6. The van der Waals surface area contributed by atoms with E-state index in [9.17, 15) is 14.3 Å². The first kappa shape index (κ1) is 19.6. The van der Waals surface area contributed by atoms with Gasteiger partial charge in [-0.1, -0.05) is 11.8 Å². The van der Waals surface area contributed by atoms with Crippen molar-refractivity contribution in [2.24, 2.45) is 0 Å². The standard InChI is InChI=1S/C10H18N2O7P2S/c13-12-7-3-1-5-9(12)22-8-4-2-6-11-10(20(14,15)16)21(17,18)19/h1,3,5,7,10-11H,2,4,6,8H2,(H2,14,15,16)(H2,17,18,19). The second-order valence-electron chi connectivity index (χ2n) is 4.43. The maximum atomic E-state index is 11.4. The van der Waals surface area contributed by atoms with Crippen LogP contribution < -0.4 is 10.0 Å². The predicted molar refractivity (Wildman–Crippen MR) is 81.2 cm³/mol. The summed E-state index contributed by atoms with van der Waals surface area (Å²) in [5, 5.41) is 14.1. The van der Waals surface area contributed by atoms with Gasteiger partial charge in [0.05, 0.1) is 0 Å². The van der Waals surface area contributed by atoms with Crippen LogP contribution in [0.1, 0.15) is 12.8 Å². The molecule has 0 radical (unpaired) electrons. The van der Waals surface area contributed by atoms with E-state index in [4.69, 9.17) is 19.6 Å². The molecule has 0 spiro atoms. The number of aromatic nitrogens is 1. The van der Waals surface area contributed by atoms with Gasteiger partial charge < -0.3 is 24.8 Å². The van der Waals surface area contributed by atoms with Crippen molar-refractivity contribution >= 4 is 27.0 Å². The molecule has 0 saturated heterocycles. The molecular formula is C10H18N2O7P2S. The van der Waals surface area contributed by atoms with E-state index in [1.165, 1.54) is 18.0 Å². The van der Waals surface area contributed by atoms with Crippen LogP contribution in [0.5, 0.6) is 0 Å². The molecule has 0 bridgehead atoms. The number of hydrogen-bond donors (Lipinski definition) is 5. The Bertz CT molecular complexity index is 554. The second-order valence-corrected chi connectivity index (χ2v) is 9.34. The lowest BCUT2D eigenvalue weighted by Gasteiger charge is -2.20. The van der Waals surface area contributed by atoms with Gasteiger partial charge in [-0.15, -0.1) is 0 Å². The van der Waals surface area contributed by atoms with Crippen LogP contribution in [0.2, 0.25) is 0 Å². The molecular weight excluding hydrogens is 354 g/mol. The van der Waals surface area contributed by atoms with Gasteiger partial charge in [-0.05, 0) is 25.5 Å². The van der Waals surface area contributed by atoms with Crippen LogP contribution in [-0.2, 0) is 9.13 Å². The zero-order chi connectivity index (χ0) is 16.8. The summed E-state index contributed by atoms with van der Waals surface area (Å²) in [5.74, 6) is 0.602. The van der Waals surface area contributed by atoms with E-state index < -0.39 is 20.7 Å². The van der Waals surface area contributed by atoms with Crippen molar-refractivity contribution in [3.63, 3.8) is 0 Å². The van der Waals surface area contributed by atoms with Gasteiger partial charge in [0.15, 0.2) is 6.20 Å². The minimum absolute atomic E-state index is 0.0492. The van der Waals surface area contributed by atoms with Crippen molar-refractivity contribution in [1.82, 2.24) is 5.32 Å². The van der Waals surface area contributed by atoms with Crippen molar-refractivity contribution < 1.29 is 33.4 Å². The molecule has 0 fully saturated rings. The van der Waals surface area contributed by atoms with E-state index in [0.717, 1.165) is 4.73 Å². The summed E-state index contributed by atoms with van der Waals surface area (Å²) < 4.78 is 22.8. The molecule has 9 nitrogen and oxygen atoms in total. The lowest BCUT2D eigenvalue weighted by molar-refractivity contribution is -0.645. The molecule has 0 aliphatic rings. The number of hydrogen-bond acceptors (Lipinski definition) is 5. The highest BCUT2D eigenvalue weighted by Crippen LogP contribution is 2.58. The van der Waals surface area contributed by atoms with E-state index >= 15 is 0 Å². The first-order chi connectivity index (χ1) is 10.1. The number of nitrogens with one attached hydrogen (secondary N) is 1. The molecule has 1 aromatic heterocycles. The van der Waals surface area contributed by atoms with Crippen molar-refractivity contribution in [2.45, 2.75) is 23.4 Å². The Morgan fingerprint density at radius 1 is 1.18 bits per heavy atom. The summed E-state index contributed by atoms with van der Waals surface area (Å²) in [6, 6.07) is 5.03. The van der Waals surface area contributed by atoms with Crippen LogP contribution >= 0.6 is 27.0 Å². The topological polar surface area (TPSA) is 154 Å². The Kier molecular flexibility index (Phi) is 7.51. The van der Waals surface area contributed by atoms with Gasteiger partial charge in [-0.2, -0.15) is 4.73 Å². The summed E-state index contributed by atoms with van der Waals surface area (Å²) in [7, 11) is -9.86. The van der Waals surface area contributed by atoms with Crippen LogP contribution in [0, 0.1) is 5.21 Å². The van der Waals surface area contributed by atoms with E-state index in [2.05, 4.69) is 5.32 Å². The van der Waals surface area contributed by atoms with Gasteiger partial charge in [-0.25, -0.2) is 0 Å². The third-order valence-electron chi connectivity index (χ3n) is 2.57. The molecule has 22 heavy (non-hydrogen) atoms. The third kappa shape index (κ3) is 6.76. The number of unbranched alkanes of at least 4 members (excludes halogenated alkanes) is 1. The van der Waals surface area contributed by atoms with Crippen LogP contribution in [0.25, 0.3) is 0 Å². The third-order valence-corrected chi connectivity index (χ3v) is 7.12.